The van der Waals surface area contributed by atoms with Crippen LogP contribution in [-0.4, -0.2) is 51.0 Å². The number of hydrogen-bond donors (Lipinski definition) is 1. The summed E-state index contributed by atoms with van der Waals surface area (Å²) in [4.78, 5) is 26.6. The highest BCUT2D eigenvalue weighted by Crippen LogP contribution is 2.22. The zero-order valence-electron chi connectivity index (χ0n) is 19.8. The molecule has 2 rings (SSSR count). The second-order valence-corrected chi connectivity index (χ2v) is 10.0. The fraction of sp³-hybridized carbons (Fsp3) is 0.417. The Labute approximate surface area is 195 Å². The molecule has 9 heteroatoms. The third-order valence-corrected chi connectivity index (χ3v) is 6.84. The van der Waals surface area contributed by atoms with Gasteiger partial charge >= 0.3 is 0 Å². The number of sulfonamides is 1. The molecule has 0 bridgehead atoms. The van der Waals surface area contributed by atoms with Crippen LogP contribution in [0.5, 0.6) is 0 Å². The first-order valence-corrected chi connectivity index (χ1v) is 12.6. The second kappa shape index (κ2) is 11.3. The number of carbonyl (C=O) groups is 2. The highest BCUT2D eigenvalue weighted by molar-refractivity contribution is 7.92. The van der Waals surface area contributed by atoms with E-state index in [-0.39, 0.29) is 37.7 Å². The Morgan fingerprint density at radius 3 is 2.33 bits per heavy atom. The number of carbonyl (C=O) groups excluding carboxylic acids is 2. The van der Waals surface area contributed by atoms with Crippen LogP contribution in [0.1, 0.15) is 36.5 Å². The molecule has 0 fully saturated rings. The molecule has 2 amide bonds. The summed E-state index contributed by atoms with van der Waals surface area (Å²) in [7, 11) is -2.09. The number of nitrogens with one attached hydrogen (secondary N) is 1. The number of nitrogens with zero attached hydrogens (tertiary/aromatic N) is 2. The van der Waals surface area contributed by atoms with Gasteiger partial charge in [-0.05, 0) is 56.5 Å². The van der Waals surface area contributed by atoms with Crippen LogP contribution in [0.25, 0.3) is 0 Å². The molecular weight excluding hydrogens is 445 g/mol. The summed E-state index contributed by atoms with van der Waals surface area (Å²) >= 11 is 0. The third-order valence-electron chi connectivity index (χ3n) is 5.64. The van der Waals surface area contributed by atoms with Crippen LogP contribution in [0.3, 0.4) is 0 Å². The Morgan fingerprint density at radius 2 is 1.76 bits per heavy atom. The van der Waals surface area contributed by atoms with Gasteiger partial charge in [-0.2, -0.15) is 0 Å². The van der Waals surface area contributed by atoms with Crippen LogP contribution in [0.2, 0.25) is 0 Å². The lowest BCUT2D eigenvalue weighted by molar-refractivity contribution is -0.140. The molecule has 1 atom stereocenters. The predicted octanol–water partition coefficient (Wildman–Crippen LogP) is 3.15. The molecule has 0 aliphatic rings. The number of aryl methyl sites for hydroxylation is 2. The van der Waals surface area contributed by atoms with Crippen molar-refractivity contribution >= 4 is 27.5 Å². The van der Waals surface area contributed by atoms with Gasteiger partial charge in [0.25, 0.3) is 0 Å². The maximum atomic E-state index is 14.2. The van der Waals surface area contributed by atoms with E-state index in [2.05, 4.69) is 5.32 Å². The minimum atomic E-state index is -3.56. The predicted molar refractivity (Wildman–Crippen MR) is 128 cm³/mol. The van der Waals surface area contributed by atoms with Crippen molar-refractivity contribution in [3.63, 3.8) is 0 Å². The highest BCUT2D eigenvalue weighted by Gasteiger charge is 2.26. The molecule has 180 valence electrons. The summed E-state index contributed by atoms with van der Waals surface area (Å²) in [6.45, 7) is 5.47. The fourth-order valence-corrected chi connectivity index (χ4v) is 4.44. The highest BCUT2D eigenvalue weighted by atomic mass is 32.2. The van der Waals surface area contributed by atoms with E-state index in [9.17, 15) is 22.4 Å². The van der Waals surface area contributed by atoms with Gasteiger partial charge in [0.05, 0.1) is 11.9 Å². The Bertz CT molecular complexity index is 1100. The van der Waals surface area contributed by atoms with Gasteiger partial charge in [-0.1, -0.05) is 24.3 Å². The van der Waals surface area contributed by atoms with E-state index in [1.807, 2.05) is 19.9 Å². The van der Waals surface area contributed by atoms with E-state index >= 15 is 0 Å². The van der Waals surface area contributed by atoms with Gasteiger partial charge in [0, 0.05) is 32.1 Å². The van der Waals surface area contributed by atoms with Crippen LogP contribution >= 0.6 is 0 Å². The quantitative estimate of drug-likeness (QED) is 0.570. The molecule has 0 heterocycles. The van der Waals surface area contributed by atoms with Crippen molar-refractivity contribution in [3.8, 4) is 0 Å². The maximum Gasteiger partial charge on any atom is 0.242 e. The number of anilines is 1. The van der Waals surface area contributed by atoms with E-state index in [0.717, 1.165) is 17.4 Å². The number of benzene rings is 2. The van der Waals surface area contributed by atoms with Gasteiger partial charge in [-0.25, -0.2) is 12.8 Å². The summed E-state index contributed by atoms with van der Waals surface area (Å²) in [6, 6.07) is 10.7. The van der Waals surface area contributed by atoms with Gasteiger partial charge in [-0.15, -0.1) is 0 Å². The number of rotatable bonds is 10. The topological polar surface area (TPSA) is 86.8 Å². The van der Waals surface area contributed by atoms with Crippen LogP contribution in [0.15, 0.2) is 42.5 Å². The maximum absolute atomic E-state index is 14.2. The SMILES string of the molecule is CNC(=O)[C@H](C)N(Cc1ccccc1F)C(=O)CCCN(c1ccc(C)c(C)c1)S(C)(=O)=O. The molecule has 0 aliphatic carbocycles. The smallest absolute Gasteiger partial charge is 0.242 e. The first kappa shape index (κ1) is 26.3. The Balaban J connectivity index is 2.17. The van der Waals surface area contributed by atoms with Gasteiger partial charge in [-0.3, -0.25) is 13.9 Å². The van der Waals surface area contributed by atoms with E-state index < -0.39 is 21.9 Å². The van der Waals surface area contributed by atoms with Gasteiger partial charge in [0.2, 0.25) is 21.8 Å². The zero-order valence-corrected chi connectivity index (χ0v) is 20.6. The molecular formula is C24H32FN3O4S. The minimum Gasteiger partial charge on any atom is -0.357 e. The van der Waals surface area contributed by atoms with Crippen molar-refractivity contribution in [2.75, 3.05) is 24.2 Å². The van der Waals surface area contributed by atoms with Crippen molar-refractivity contribution in [3.05, 3.63) is 65.0 Å². The molecule has 33 heavy (non-hydrogen) atoms. The molecule has 0 spiro atoms. The first-order chi connectivity index (χ1) is 15.5. The summed E-state index contributed by atoms with van der Waals surface area (Å²) < 4.78 is 40.2. The Kier molecular flexibility index (Phi) is 8.99. The molecule has 0 saturated heterocycles. The number of likely N-dealkylation sites (N-methyl/N-ethyl adjacent to an activating group) is 1. The summed E-state index contributed by atoms with van der Waals surface area (Å²) in [5.41, 5.74) is 2.85. The van der Waals surface area contributed by atoms with E-state index in [1.165, 1.54) is 22.3 Å². The molecule has 0 radical (unpaired) electrons. The third kappa shape index (κ3) is 7.02. The van der Waals surface area contributed by atoms with Gasteiger partial charge < -0.3 is 10.2 Å². The van der Waals surface area contributed by atoms with E-state index in [0.29, 0.717) is 11.3 Å². The summed E-state index contributed by atoms with van der Waals surface area (Å²) in [5.74, 6) is -1.19. The molecule has 0 unspecified atom stereocenters. The van der Waals surface area contributed by atoms with Crippen LogP contribution < -0.4 is 9.62 Å². The van der Waals surface area contributed by atoms with E-state index in [4.69, 9.17) is 0 Å². The molecule has 0 aromatic heterocycles. The average Bonchev–Trinajstić information content (AvgIpc) is 2.76. The van der Waals surface area contributed by atoms with Crippen molar-refractivity contribution in [2.24, 2.45) is 0 Å². The number of halogens is 1. The van der Waals surface area contributed by atoms with Crippen molar-refractivity contribution in [1.29, 1.82) is 0 Å². The van der Waals surface area contributed by atoms with Crippen molar-refractivity contribution in [2.45, 2.75) is 46.2 Å². The van der Waals surface area contributed by atoms with Crippen LogP contribution in [0.4, 0.5) is 10.1 Å². The Hall–Kier alpha value is -2.94. The lowest BCUT2D eigenvalue weighted by Gasteiger charge is -2.29. The molecule has 0 aliphatic heterocycles. The summed E-state index contributed by atoms with van der Waals surface area (Å²) in [5, 5.41) is 2.51. The van der Waals surface area contributed by atoms with Gasteiger partial charge in [0.1, 0.15) is 11.9 Å². The first-order valence-electron chi connectivity index (χ1n) is 10.7. The normalized spacial score (nSPS) is 12.2. The standard InChI is InChI=1S/C24H32FN3O4S/c1-17-12-13-21(15-18(17)2)28(33(5,31)32)14-8-11-23(29)27(19(3)24(30)26-4)16-20-9-6-7-10-22(20)25/h6-7,9-10,12-13,15,19H,8,11,14,16H2,1-5H3,(H,26,30)/t19-/m0/s1. The largest absolute Gasteiger partial charge is 0.357 e. The van der Waals surface area contributed by atoms with E-state index in [1.54, 1.807) is 37.3 Å². The van der Waals surface area contributed by atoms with Crippen molar-refractivity contribution < 1.29 is 22.4 Å². The average molecular weight is 478 g/mol. The number of amides is 2. The molecule has 1 N–H and O–H groups in total. The molecule has 2 aromatic carbocycles. The Morgan fingerprint density at radius 1 is 1.09 bits per heavy atom. The van der Waals surface area contributed by atoms with Crippen molar-refractivity contribution in [1.82, 2.24) is 10.2 Å². The van der Waals surface area contributed by atoms with Gasteiger partial charge in [0.15, 0.2) is 0 Å². The number of hydrogen-bond acceptors (Lipinski definition) is 4. The monoisotopic (exact) mass is 477 g/mol. The van der Waals surface area contributed by atoms with Crippen LogP contribution in [0, 0.1) is 19.7 Å². The van der Waals surface area contributed by atoms with Crippen LogP contribution in [-0.2, 0) is 26.2 Å². The molecule has 2 aromatic rings. The molecule has 7 nitrogen and oxygen atoms in total. The molecule has 0 saturated carbocycles. The summed E-state index contributed by atoms with van der Waals surface area (Å²) in [6.07, 6.45) is 1.38. The minimum absolute atomic E-state index is 0.00660. The lowest BCUT2D eigenvalue weighted by atomic mass is 10.1. The lowest BCUT2D eigenvalue weighted by Crippen LogP contribution is -2.47. The fourth-order valence-electron chi connectivity index (χ4n) is 3.49. The zero-order chi connectivity index (χ0) is 24.8. The second-order valence-electron chi connectivity index (χ2n) is 8.11.